The van der Waals surface area contributed by atoms with Crippen molar-refractivity contribution in [3.8, 4) is 11.7 Å². The van der Waals surface area contributed by atoms with Gasteiger partial charge in [0.2, 0.25) is 0 Å². The molecule has 2 aliphatic carbocycles. The molecular formula is C27H28N4O. The summed E-state index contributed by atoms with van der Waals surface area (Å²) in [5, 5.41) is 3.42. The maximum atomic E-state index is 6.51. The molecule has 162 valence electrons. The summed E-state index contributed by atoms with van der Waals surface area (Å²) >= 11 is 0. The van der Waals surface area contributed by atoms with Crippen LogP contribution >= 0.6 is 0 Å². The first-order chi connectivity index (χ1) is 15.5. The van der Waals surface area contributed by atoms with Crippen molar-refractivity contribution in [2.45, 2.75) is 46.1 Å². The van der Waals surface area contributed by atoms with Gasteiger partial charge in [0.05, 0.1) is 5.69 Å². The fourth-order valence-corrected chi connectivity index (χ4v) is 5.19. The average Bonchev–Trinajstić information content (AvgIpc) is 3.12. The summed E-state index contributed by atoms with van der Waals surface area (Å²) in [5.74, 6) is 1.44. The molecule has 2 aromatic heterocycles. The van der Waals surface area contributed by atoms with Gasteiger partial charge in [0.1, 0.15) is 17.4 Å². The minimum absolute atomic E-state index is 0.250. The number of nitrogens with zero attached hydrogens (tertiary/aromatic N) is 3. The molecule has 2 saturated carbocycles. The minimum atomic E-state index is 0.250. The van der Waals surface area contributed by atoms with Crippen LogP contribution in [-0.2, 0) is 0 Å². The number of benzene rings is 2. The third-order valence-electron chi connectivity index (χ3n) is 7.38. The third-order valence-corrected chi connectivity index (χ3v) is 7.38. The number of aryl methyl sites for hydroxylation is 2. The molecule has 2 fully saturated rings. The van der Waals surface area contributed by atoms with Gasteiger partial charge in [-0.1, -0.05) is 42.3 Å². The molecule has 0 bridgehead atoms. The molecule has 0 amide bonds. The lowest BCUT2D eigenvalue weighted by Gasteiger charge is -2.60. The van der Waals surface area contributed by atoms with Crippen LogP contribution in [0.1, 0.15) is 37.3 Å². The molecule has 5 heteroatoms. The predicted molar refractivity (Wildman–Crippen MR) is 128 cm³/mol. The maximum Gasteiger partial charge on any atom is 0.303 e. The van der Waals surface area contributed by atoms with Gasteiger partial charge in [-0.25, -0.2) is 9.55 Å². The van der Waals surface area contributed by atoms with Crippen molar-refractivity contribution in [3.05, 3.63) is 71.8 Å². The molecule has 0 saturated heterocycles. The van der Waals surface area contributed by atoms with Crippen LogP contribution in [0, 0.1) is 25.2 Å². The van der Waals surface area contributed by atoms with E-state index in [0.717, 1.165) is 34.8 Å². The number of nitrogens with one attached hydrogen (secondary N) is 1. The van der Waals surface area contributed by atoms with Crippen molar-refractivity contribution in [2.24, 2.45) is 11.3 Å². The van der Waals surface area contributed by atoms with Crippen LogP contribution < -0.4 is 10.1 Å². The molecule has 2 aromatic carbocycles. The van der Waals surface area contributed by atoms with E-state index in [9.17, 15) is 0 Å². The summed E-state index contributed by atoms with van der Waals surface area (Å²) in [6, 6.07) is 21.4. The molecule has 5 nitrogen and oxygen atoms in total. The van der Waals surface area contributed by atoms with Crippen LogP contribution in [0.15, 0.2) is 60.7 Å². The van der Waals surface area contributed by atoms with Crippen molar-refractivity contribution in [1.82, 2.24) is 14.5 Å². The first-order valence-corrected chi connectivity index (χ1v) is 11.5. The van der Waals surface area contributed by atoms with Crippen molar-refractivity contribution in [1.29, 1.82) is 0 Å². The quantitative estimate of drug-likeness (QED) is 0.406. The van der Waals surface area contributed by atoms with Gasteiger partial charge in [-0.3, -0.25) is 0 Å². The van der Waals surface area contributed by atoms with E-state index in [1.165, 1.54) is 24.0 Å². The number of hydrogen-bond acceptors (Lipinski definition) is 4. The summed E-state index contributed by atoms with van der Waals surface area (Å²) < 4.78 is 8.57. The van der Waals surface area contributed by atoms with Gasteiger partial charge in [0.15, 0.2) is 5.65 Å². The Morgan fingerprint density at radius 2 is 1.66 bits per heavy atom. The zero-order valence-corrected chi connectivity index (χ0v) is 18.8. The Kier molecular flexibility index (Phi) is 4.29. The number of rotatable bonds is 5. The number of anilines is 2. The van der Waals surface area contributed by atoms with E-state index in [-0.39, 0.29) is 6.10 Å². The van der Waals surface area contributed by atoms with Crippen LogP contribution in [0.4, 0.5) is 11.5 Å². The molecule has 3 unspecified atom stereocenters. The van der Waals surface area contributed by atoms with Crippen LogP contribution in [0.3, 0.4) is 0 Å². The Hall–Kier alpha value is -3.34. The van der Waals surface area contributed by atoms with E-state index in [2.05, 4.69) is 79.2 Å². The second-order valence-electron chi connectivity index (χ2n) is 9.76. The summed E-state index contributed by atoms with van der Waals surface area (Å²) in [4.78, 5) is 9.78. The average molecular weight is 425 g/mol. The molecule has 3 atom stereocenters. The molecule has 4 aromatic rings. The second kappa shape index (κ2) is 7.09. The normalized spacial score (nSPS) is 23.8. The van der Waals surface area contributed by atoms with Crippen LogP contribution in [0.2, 0.25) is 0 Å². The highest BCUT2D eigenvalue weighted by Crippen LogP contribution is 2.61. The molecule has 32 heavy (non-hydrogen) atoms. The standard InChI is InChI=1S/C27H28N4O/c1-17-4-8-19(9-5-17)28-24-13-12-22-25(30-24)31(20-10-6-18(2)7-11-20)26(29-22)32-23-16-27(3)15-14-21(23)27/h4-13,21,23H,14-16H2,1-3H3,(H,28,30). The summed E-state index contributed by atoms with van der Waals surface area (Å²) in [6.45, 7) is 6.57. The predicted octanol–water partition coefficient (Wildman–Crippen LogP) is 6.35. The van der Waals surface area contributed by atoms with E-state index in [4.69, 9.17) is 14.7 Å². The van der Waals surface area contributed by atoms with Gasteiger partial charge in [-0.2, -0.15) is 4.98 Å². The van der Waals surface area contributed by atoms with Gasteiger partial charge in [0, 0.05) is 11.6 Å². The molecule has 1 N–H and O–H groups in total. The molecular weight excluding hydrogens is 396 g/mol. The van der Waals surface area contributed by atoms with Crippen LogP contribution in [0.5, 0.6) is 6.01 Å². The number of ether oxygens (including phenoxy) is 1. The highest BCUT2D eigenvalue weighted by Gasteiger charge is 2.58. The SMILES string of the molecule is Cc1ccc(Nc2ccc3nc(OC4CC5(C)CCC45)n(-c4ccc(C)cc4)c3n2)cc1. The monoisotopic (exact) mass is 424 g/mol. The molecule has 6 rings (SSSR count). The van der Waals surface area contributed by atoms with Crippen LogP contribution in [-0.4, -0.2) is 20.6 Å². The Labute approximate surface area is 188 Å². The zero-order chi connectivity index (χ0) is 21.9. The van der Waals surface area contributed by atoms with Gasteiger partial charge < -0.3 is 10.1 Å². The number of hydrogen-bond donors (Lipinski definition) is 1. The largest absolute Gasteiger partial charge is 0.461 e. The smallest absolute Gasteiger partial charge is 0.303 e. The zero-order valence-electron chi connectivity index (χ0n) is 18.8. The van der Waals surface area contributed by atoms with Gasteiger partial charge in [-0.15, -0.1) is 0 Å². The van der Waals surface area contributed by atoms with Crippen LogP contribution in [0.25, 0.3) is 16.9 Å². The Balaban J connectivity index is 1.40. The van der Waals surface area contributed by atoms with E-state index in [1.807, 2.05) is 12.1 Å². The fraction of sp³-hybridized carbons (Fsp3) is 0.333. The molecule has 0 radical (unpaired) electrons. The molecule has 2 heterocycles. The highest BCUT2D eigenvalue weighted by molar-refractivity contribution is 5.78. The summed E-state index contributed by atoms with van der Waals surface area (Å²) in [7, 11) is 0. The van der Waals surface area contributed by atoms with Gasteiger partial charge in [-0.05, 0) is 74.9 Å². The van der Waals surface area contributed by atoms with E-state index < -0.39 is 0 Å². The van der Waals surface area contributed by atoms with Crippen molar-refractivity contribution < 1.29 is 4.74 Å². The molecule has 0 spiro atoms. The number of fused-ring (bicyclic) bond motifs is 2. The third kappa shape index (κ3) is 3.15. The Morgan fingerprint density at radius 3 is 2.28 bits per heavy atom. The fourth-order valence-electron chi connectivity index (χ4n) is 5.19. The van der Waals surface area contributed by atoms with Gasteiger partial charge >= 0.3 is 6.01 Å². The first-order valence-electron chi connectivity index (χ1n) is 11.5. The topological polar surface area (TPSA) is 52.0 Å². The van der Waals surface area contributed by atoms with Gasteiger partial charge in [0.25, 0.3) is 0 Å². The van der Waals surface area contributed by atoms with E-state index >= 15 is 0 Å². The minimum Gasteiger partial charge on any atom is -0.461 e. The molecule has 0 aliphatic heterocycles. The lowest BCUT2D eigenvalue weighted by Crippen LogP contribution is -2.59. The highest BCUT2D eigenvalue weighted by atomic mass is 16.5. The lowest BCUT2D eigenvalue weighted by molar-refractivity contribution is -0.156. The number of pyridine rings is 1. The van der Waals surface area contributed by atoms with E-state index in [1.54, 1.807) is 0 Å². The molecule has 2 aliphatic rings. The lowest BCUT2D eigenvalue weighted by atomic mass is 9.47. The number of aromatic nitrogens is 3. The van der Waals surface area contributed by atoms with Crippen molar-refractivity contribution >= 4 is 22.7 Å². The number of imidazole rings is 1. The Morgan fingerprint density at radius 1 is 0.938 bits per heavy atom. The Bertz CT molecular complexity index is 1290. The first kappa shape index (κ1) is 19.4. The van der Waals surface area contributed by atoms with Crippen molar-refractivity contribution in [3.63, 3.8) is 0 Å². The second-order valence-corrected chi connectivity index (χ2v) is 9.76. The summed E-state index contributed by atoms with van der Waals surface area (Å²) in [5.41, 5.74) is 6.61. The summed E-state index contributed by atoms with van der Waals surface area (Å²) in [6.07, 6.45) is 3.94. The van der Waals surface area contributed by atoms with Crippen molar-refractivity contribution in [2.75, 3.05) is 5.32 Å². The van der Waals surface area contributed by atoms with E-state index in [0.29, 0.717) is 17.3 Å². The maximum absolute atomic E-state index is 6.51.